The zero-order valence-electron chi connectivity index (χ0n) is 16.4. The maximum absolute atomic E-state index is 12.2. The van der Waals surface area contributed by atoms with Gasteiger partial charge >= 0.3 is 12.2 Å². The highest BCUT2D eigenvalue weighted by Crippen LogP contribution is 2.26. The first-order valence-corrected chi connectivity index (χ1v) is 9.20. The van der Waals surface area contributed by atoms with Crippen LogP contribution in [0.15, 0.2) is 67.0 Å². The van der Waals surface area contributed by atoms with Crippen LogP contribution in [0.5, 0.6) is 0 Å². The van der Waals surface area contributed by atoms with Gasteiger partial charge < -0.3 is 16.4 Å². The van der Waals surface area contributed by atoms with E-state index in [-0.39, 0.29) is 12.4 Å². The van der Waals surface area contributed by atoms with Crippen molar-refractivity contribution in [2.24, 2.45) is 0 Å². The number of carbonyl (C=O) groups is 1. The van der Waals surface area contributed by atoms with Crippen LogP contribution in [-0.2, 0) is 0 Å². The van der Waals surface area contributed by atoms with E-state index < -0.39 is 18.8 Å². The second-order valence-corrected chi connectivity index (χ2v) is 6.74. The minimum Gasteiger partial charge on any atom is -0.384 e. The lowest BCUT2D eigenvalue weighted by Crippen LogP contribution is -2.36. The minimum atomic E-state index is -4.48. The van der Waals surface area contributed by atoms with Crippen LogP contribution >= 0.6 is 12.4 Å². The molecule has 0 unspecified atom stereocenters. The van der Waals surface area contributed by atoms with E-state index in [0.717, 1.165) is 22.5 Å². The Morgan fingerprint density at radius 3 is 2.59 bits per heavy atom. The number of anilines is 2. The molecule has 0 atom stereocenters. The van der Waals surface area contributed by atoms with E-state index in [9.17, 15) is 18.0 Å². The van der Waals surface area contributed by atoms with Crippen LogP contribution in [0.3, 0.4) is 0 Å². The number of rotatable bonds is 4. The molecule has 0 fully saturated rings. The molecule has 0 aliphatic rings. The maximum Gasteiger partial charge on any atom is 0.405 e. The Labute approximate surface area is 186 Å². The minimum absolute atomic E-state index is 0. The number of nitrogen functional groups attached to an aromatic ring is 1. The van der Waals surface area contributed by atoms with Gasteiger partial charge in [-0.05, 0) is 36.4 Å². The number of aromatic nitrogens is 3. The number of alkyl halides is 3. The molecule has 3 aromatic heterocycles. The highest BCUT2D eigenvalue weighted by atomic mass is 35.5. The first-order valence-electron chi connectivity index (χ1n) is 9.20. The summed E-state index contributed by atoms with van der Waals surface area (Å²) in [6.45, 7) is -1.41. The van der Waals surface area contributed by atoms with Gasteiger partial charge in [-0.3, -0.25) is 4.40 Å². The van der Waals surface area contributed by atoms with Crippen molar-refractivity contribution in [3.05, 3.63) is 67.0 Å². The number of fused-ring (bicyclic) bond motifs is 1. The molecule has 166 valence electrons. The molecule has 0 spiro atoms. The molecule has 2 amide bonds. The number of nitrogens with zero attached hydrogens (tertiary/aromatic N) is 3. The van der Waals surface area contributed by atoms with Gasteiger partial charge in [0.05, 0.1) is 17.6 Å². The first-order chi connectivity index (χ1) is 14.8. The Morgan fingerprint density at radius 2 is 1.84 bits per heavy atom. The van der Waals surface area contributed by atoms with Gasteiger partial charge in [0.15, 0.2) is 0 Å². The van der Waals surface area contributed by atoms with Crippen molar-refractivity contribution in [2.45, 2.75) is 6.18 Å². The largest absolute Gasteiger partial charge is 0.405 e. The molecule has 0 bridgehead atoms. The van der Waals surface area contributed by atoms with E-state index in [1.54, 1.807) is 35.8 Å². The molecule has 0 saturated carbocycles. The van der Waals surface area contributed by atoms with Crippen molar-refractivity contribution in [3.8, 4) is 22.5 Å². The predicted molar refractivity (Wildman–Crippen MR) is 119 cm³/mol. The van der Waals surface area contributed by atoms with Crippen molar-refractivity contribution in [2.75, 3.05) is 17.6 Å². The number of urea groups is 1. The van der Waals surface area contributed by atoms with Crippen LogP contribution in [0.25, 0.3) is 28.2 Å². The smallest absolute Gasteiger partial charge is 0.384 e. The third-order valence-electron chi connectivity index (χ3n) is 4.45. The fourth-order valence-electron chi connectivity index (χ4n) is 3.08. The van der Waals surface area contributed by atoms with Gasteiger partial charge in [-0.15, -0.1) is 12.4 Å². The molecule has 11 heteroatoms. The van der Waals surface area contributed by atoms with E-state index in [0.29, 0.717) is 17.2 Å². The zero-order valence-corrected chi connectivity index (χ0v) is 17.2. The van der Waals surface area contributed by atoms with Crippen LogP contribution in [0, 0.1) is 0 Å². The van der Waals surface area contributed by atoms with E-state index in [2.05, 4.69) is 15.3 Å². The van der Waals surface area contributed by atoms with Gasteiger partial charge in [0, 0.05) is 23.0 Å². The van der Waals surface area contributed by atoms with E-state index in [1.807, 2.05) is 40.9 Å². The number of nitrogens with two attached hydrogens (primary N) is 1. The number of hydrogen-bond acceptors (Lipinski definition) is 4. The van der Waals surface area contributed by atoms with Gasteiger partial charge in [0.1, 0.15) is 18.0 Å². The average Bonchev–Trinajstić information content (AvgIpc) is 3.15. The molecule has 0 aliphatic heterocycles. The summed E-state index contributed by atoms with van der Waals surface area (Å²) < 4.78 is 38.6. The van der Waals surface area contributed by atoms with Crippen molar-refractivity contribution in [1.82, 2.24) is 19.7 Å². The van der Waals surface area contributed by atoms with E-state index >= 15 is 0 Å². The monoisotopic (exact) mass is 462 g/mol. The molecular weight excluding hydrogens is 445 g/mol. The van der Waals surface area contributed by atoms with Gasteiger partial charge in [0.25, 0.3) is 0 Å². The van der Waals surface area contributed by atoms with Gasteiger partial charge in [-0.2, -0.15) is 13.2 Å². The Bertz CT molecular complexity index is 1260. The molecule has 0 saturated heterocycles. The van der Waals surface area contributed by atoms with Crippen LogP contribution < -0.4 is 16.4 Å². The van der Waals surface area contributed by atoms with Gasteiger partial charge in [-0.25, -0.2) is 14.8 Å². The van der Waals surface area contributed by atoms with Gasteiger partial charge in [-0.1, -0.05) is 18.2 Å². The summed E-state index contributed by atoms with van der Waals surface area (Å²) in [5, 5.41) is 4.17. The molecule has 1 aromatic carbocycles. The van der Waals surface area contributed by atoms with E-state index in [4.69, 9.17) is 5.73 Å². The molecule has 7 nitrogen and oxygen atoms in total. The summed E-state index contributed by atoms with van der Waals surface area (Å²) >= 11 is 0. The Balaban J connectivity index is 0.00000289. The van der Waals surface area contributed by atoms with Crippen molar-refractivity contribution in [3.63, 3.8) is 0 Å². The Hall–Kier alpha value is -3.79. The average molecular weight is 463 g/mol. The fraction of sp³-hybridized carbons (Fsp3) is 0.0952. The summed E-state index contributed by atoms with van der Waals surface area (Å²) in [5.74, 6) is 0.421. The lowest BCUT2D eigenvalue weighted by atomic mass is 10.1. The Kier molecular flexibility index (Phi) is 6.54. The lowest BCUT2D eigenvalue weighted by molar-refractivity contribution is -0.122. The molecule has 32 heavy (non-hydrogen) atoms. The third-order valence-corrected chi connectivity index (χ3v) is 4.45. The van der Waals surface area contributed by atoms with Gasteiger partial charge in [0.2, 0.25) is 0 Å². The number of halogens is 4. The SMILES string of the molecule is Cl.Nc1cccc(-c2ccn3c(-c4cccc(NC(=O)NCC(F)(F)F)c4)cnc3c2)n1. The van der Waals surface area contributed by atoms with Crippen molar-refractivity contribution in [1.29, 1.82) is 0 Å². The Morgan fingerprint density at radius 1 is 1.06 bits per heavy atom. The topological polar surface area (TPSA) is 97.3 Å². The fourth-order valence-corrected chi connectivity index (χ4v) is 3.08. The highest BCUT2D eigenvalue weighted by molar-refractivity contribution is 5.90. The molecule has 0 aliphatic carbocycles. The molecule has 4 rings (SSSR count). The lowest BCUT2D eigenvalue weighted by Gasteiger charge is -2.11. The number of imidazole rings is 1. The summed E-state index contributed by atoms with van der Waals surface area (Å²) in [7, 11) is 0. The predicted octanol–water partition coefficient (Wildman–Crippen LogP) is 4.75. The van der Waals surface area contributed by atoms with Crippen molar-refractivity contribution < 1.29 is 18.0 Å². The highest BCUT2D eigenvalue weighted by Gasteiger charge is 2.27. The first kappa shape index (κ1) is 22.9. The molecule has 4 aromatic rings. The molecular formula is C21H18ClF3N6O. The summed E-state index contributed by atoms with van der Waals surface area (Å²) in [5.41, 5.74) is 9.85. The summed E-state index contributed by atoms with van der Waals surface area (Å²) in [4.78, 5) is 20.4. The van der Waals surface area contributed by atoms with Crippen LogP contribution in [0.4, 0.5) is 29.5 Å². The number of nitrogens with one attached hydrogen (secondary N) is 2. The molecule has 4 N–H and O–H groups in total. The van der Waals surface area contributed by atoms with E-state index in [1.165, 1.54) is 0 Å². The van der Waals surface area contributed by atoms with Crippen LogP contribution in [0.1, 0.15) is 0 Å². The zero-order chi connectivity index (χ0) is 22.0. The third kappa shape index (κ3) is 5.27. The quantitative estimate of drug-likeness (QED) is 0.407. The molecule has 0 radical (unpaired) electrons. The standard InChI is InChI=1S/C21H17F3N6O.ClH/c22-21(23,24)12-27-20(31)28-15-4-1-3-14(9-15)17-11-26-19-10-13(7-8-30(17)19)16-5-2-6-18(25)29-16;/h1-11H,12H2,(H2,25,29)(H2,27,28,31);1H. The number of pyridine rings is 2. The number of benzene rings is 1. The van der Waals surface area contributed by atoms with Crippen molar-refractivity contribution >= 4 is 35.6 Å². The normalized spacial score (nSPS) is 11.1. The second-order valence-electron chi connectivity index (χ2n) is 6.74. The summed E-state index contributed by atoms with van der Waals surface area (Å²) in [6.07, 6.45) is -0.960. The number of hydrogen-bond donors (Lipinski definition) is 3. The molecule has 3 heterocycles. The second kappa shape index (κ2) is 9.15. The van der Waals surface area contributed by atoms with Crippen LogP contribution in [0.2, 0.25) is 0 Å². The summed E-state index contributed by atoms with van der Waals surface area (Å²) in [6, 6.07) is 15.0. The number of amides is 2. The maximum atomic E-state index is 12.2. The number of carbonyl (C=O) groups excluding carboxylic acids is 1. The van der Waals surface area contributed by atoms with Crippen LogP contribution in [-0.4, -0.2) is 33.1 Å².